The van der Waals surface area contributed by atoms with Crippen LogP contribution in [-0.4, -0.2) is 51.3 Å². The average molecular weight is 536 g/mol. The molecule has 1 saturated heterocycles. The summed E-state index contributed by atoms with van der Waals surface area (Å²) in [5.74, 6) is 0.588. The van der Waals surface area contributed by atoms with E-state index < -0.39 is 18.2 Å². The summed E-state index contributed by atoms with van der Waals surface area (Å²) < 4.78 is 19.1. The maximum atomic E-state index is 12.8. The molecule has 0 aromatic heterocycles. The molecular formula is C28H52O6V. The Morgan fingerprint density at radius 3 is 2.17 bits per heavy atom. The maximum absolute atomic E-state index is 12.8. The van der Waals surface area contributed by atoms with Crippen molar-refractivity contribution >= 4 is 10.2 Å². The number of hydrogen-bond acceptors (Lipinski definition) is 6. The predicted octanol–water partition coefficient (Wildman–Crippen LogP) is 5.26. The zero-order valence-electron chi connectivity index (χ0n) is 23.6. The number of carbonyl (C=O) groups excluding carboxylic acids is 1. The van der Waals surface area contributed by atoms with E-state index >= 15 is 0 Å². The molecule has 6 nitrogen and oxygen atoms in total. The number of rotatable bonds is 15. The minimum absolute atomic E-state index is 0.100. The van der Waals surface area contributed by atoms with Gasteiger partial charge in [0.25, 0.3) is 0 Å². The van der Waals surface area contributed by atoms with E-state index in [0.29, 0.717) is 24.2 Å². The Morgan fingerprint density at radius 1 is 1.00 bits per heavy atom. The molecule has 1 fully saturated rings. The third-order valence-corrected chi connectivity index (χ3v) is 8.87. The van der Waals surface area contributed by atoms with Crippen molar-refractivity contribution in [2.75, 3.05) is 0 Å². The zero-order chi connectivity index (χ0) is 26.9. The minimum atomic E-state index is -1.09. The molecule has 0 saturated carbocycles. The summed E-state index contributed by atoms with van der Waals surface area (Å²) in [6.07, 6.45) is 2.83. The molecule has 1 aliphatic heterocycles. The summed E-state index contributed by atoms with van der Waals surface area (Å²) in [5.41, 5.74) is 0. The van der Waals surface area contributed by atoms with Gasteiger partial charge in [-0.15, -0.1) is 0 Å². The van der Waals surface area contributed by atoms with Crippen molar-refractivity contribution in [2.45, 2.75) is 132 Å². The first-order valence-electron chi connectivity index (χ1n) is 13.7. The molecule has 205 valence electrons. The molecule has 1 heterocycles. The first-order valence-corrected chi connectivity index (χ1v) is 14.4. The second kappa shape index (κ2) is 15.9. The SMILES string of the molecule is CCC(O)OC(=O)C(C)C(O[C@H]1C[C@H](C)CC(C)O1)C(C)C[C@@H](C)C[C@@H](C)[C](=[V])[C@H](C)[C@@H](O)CC. The van der Waals surface area contributed by atoms with Gasteiger partial charge >= 0.3 is 217 Å². The van der Waals surface area contributed by atoms with Crippen molar-refractivity contribution in [3.05, 3.63) is 0 Å². The average Bonchev–Trinajstić information content (AvgIpc) is 2.79. The number of aliphatic hydroxyl groups excluding tert-OH is 2. The van der Waals surface area contributed by atoms with Crippen LogP contribution in [0.4, 0.5) is 0 Å². The van der Waals surface area contributed by atoms with Crippen LogP contribution in [0.25, 0.3) is 0 Å². The van der Waals surface area contributed by atoms with Crippen LogP contribution in [0.1, 0.15) is 101 Å². The molecule has 7 heteroatoms. The van der Waals surface area contributed by atoms with E-state index in [0.717, 1.165) is 32.1 Å². The summed E-state index contributed by atoms with van der Waals surface area (Å²) in [6.45, 7) is 18.6. The Bertz CT molecular complexity index is 633. The molecule has 1 rings (SSSR count). The summed E-state index contributed by atoms with van der Waals surface area (Å²) in [5, 5.41) is 20.1. The summed E-state index contributed by atoms with van der Waals surface area (Å²) in [7, 11) is 0. The van der Waals surface area contributed by atoms with Crippen molar-refractivity contribution in [3.8, 4) is 0 Å². The van der Waals surface area contributed by atoms with Gasteiger partial charge in [-0.1, -0.05) is 6.92 Å². The van der Waals surface area contributed by atoms with E-state index in [1.54, 1.807) is 6.92 Å². The van der Waals surface area contributed by atoms with Gasteiger partial charge in [0, 0.05) is 0 Å². The van der Waals surface area contributed by atoms with Crippen molar-refractivity contribution in [1.29, 1.82) is 0 Å². The van der Waals surface area contributed by atoms with Crippen molar-refractivity contribution in [3.63, 3.8) is 0 Å². The molecule has 0 amide bonds. The normalized spacial score (nSPS) is 27.7. The fourth-order valence-electron chi connectivity index (χ4n) is 5.42. The van der Waals surface area contributed by atoms with Crippen LogP contribution in [0.2, 0.25) is 0 Å². The van der Waals surface area contributed by atoms with E-state index in [1.165, 1.54) is 4.23 Å². The van der Waals surface area contributed by atoms with Crippen LogP contribution >= 0.6 is 0 Å². The van der Waals surface area contributed by atoms with Crippen LogP contribution < -0.4 is 0 Å². The van der Waals surface area contributed by atoms with Crippen LogP contribution in [0, 0.1) is 35.5 Å². The molecule has 2 N–H and O–H groups in total. The summed E-state index contributed by atoms with van der Waals surface area (Å²) in [6, 6.07) is 0. The fraction of sp³-hybridized carbons (Fsp3) is 0.929. The van der Waals surface area contributed by atoms with E-state index in [2.05, 4.69) is 58.5 Å². The molecule has 11 atom stereocenters. The van der Waals surface area contributed by atoms with E-state index in [9.17, 15) is 15.0 Å². The van der Waals surface area contributed by atoms with Gasteiger partial charge in [-0.05, 0) is 0 Å². The topological polar surface area (TPSA) is 85.2 Å². The molecule has 0 bridgehead atoms. The van der Waals surface area contributed by atoms with Crippen LogP contribution in [0.5, 0.6) is 0 Å². The molecule has 35 heavy (non-hydrogen) atoms. The van der Waals surface area contributed by atoms with Gasteiger partial charge in [-0.3, -0.25) is 0 Å². The van der Waals surface area contributed by atoms with Crippen LogP contribution in [-0.2, 0) is 36.0 Å². The molecule has 0 aromatic rings. The second-order valence-electron chi connectivity index (χ2n) is 11.3. The number of carbonyl (C=O) groups is 1. The van der Waals surface area contributed by atoms with E-state index in [-0.39, 0.29) is 36.4 Å². The Hall–Kier alpha value is -0.236. The van der Waals surface area contributed by atoms with E-state index in [1.807, 2.05) is 13.8 Å². The fourth-order valence-corrected chi connectivity index (χ4v) is 5.85. The number of hydrogen-bond donors (Lipinski definition) is 2. The molecule has 0 aliphatic carbocycles. The third-order valence-electron chi connectivity index (χ3n) is 7.55. The Kier molecular flexibility index (Phi) is 14.9. The zero-order valence-corrected chi connectivity index (χ0v) is 25.0. The summed E-state index contributed by atoms with van der Waals surface area (Å²) >= 11 is 2.69. The first-order chi connectivity index (χ1) is 16.3. The van der Waals surface area contributed by atoms with E-state index in [4.69, 9.17) is 14.2 Å². The van der Waals surface area contributed by atoms with Gasteiger partial charge in [0.1, 0.15) is 0 Å². The molecular weight excluding hydrogens is 483 g/mol. The molecule has 0 aromatic carbocycles. The third kappa shape index (κ3) is 11.0. The summed E-state index contributed by atoms with van der Waals surface area (Å²) in [4.78, 5) is 12.8. The monoisotopic (exact) mass is 535 g/mol. The second-order valence-corrected chi connectivity index (χ2v) is 12.1. The number of ether oxygens (including phenoxy) is 3. The molecule has 1 aliphatic rings. The van der Waals surface area contributed by atoms with Gasteiger partial charge in [0.05, 0.1) is 0 Å². The van der Waals surface area contributed by atoms with Crippen molar-refractivity contribution in [2.24, 2.45) is 35.5 Å². The molecule has 0 radical (unpaired) electrons. The Labute approximate surface area is 223 Å². The quantitative estimate of drug-likeness (QED) is 0.220. The molecule has 0 spiro atoms. The van der Waals surface area contributed by atoms with Gasteiger partial charge < -0.3 is 0 Å². The van der Waals surface area contributed by atoms with Crippen molar-refractivity contribution < 1.29 is 46.2 Å². The number of esters is 1. The predicted molar refractivity (Wildman–Crippen MR) is 136 cm³/mol. The van der Waals surface area contributed by atoms with Gasteiger partial charge in [0.15, 0.2) is 0 Å². The Balaban J connectivity index is 2.90. The van der Waals surface area contributed by atoms with Gasteiger partial charge in [0.2, 0.25) is 0 Å². The van der Waals surface area contributed by atoms with Crippen LogP contribution in [0.15, 0.2) is 0 Å². The first kappa shape index (κ1) is 32.8. The number of aliphatic hydroxyl groups is 2. The Morgan fingerprint density at radius 2 is 1.63 bits per heavy atom. The van der Waals surface area contributed by atoms with Gasteiger partial charge in [-0.2, -0.15) is 0 Å². The van der Waals surface area contributed by atoms with Crippen molar-refractivity contribution in [1.82, 2.24) is 0 Å². The van der Waals surface area contributed by atoms with Crippen LogP contribution in [0.3, 0.4) is 0 Å². The van der Waals surface area contributed by atoms with Gasteiger partial charge in [-0.25, -0.2) is 0 Å². The molecule has 5 unspecified atom stereocenters. The standard InChI is InChI=1S/C28H52O6.V/c1-10-24(29)20(6)13-17(3)12-18(4)14-21(7)27(23(9)28(31)33-25(30)11-2)34-26-16-19(5)15-22(8)32-26;/h17-27,29-30H,10-12,14-16H2,1-9H3;/t17-,18+,19-,20+,21?,22?,23?,24+,25?,26+,27?;/m1./s1.